The zero-order valence-electron chi connectivity index (χ0n) is 10.5. The number of phenolic OH excluding ortho intramolecular Hbond substituents is 1. The number of benzene rings is 1. The number of carboxylic acid groups (broad SMARTS) is 1. The van der Waals surface area contributed by atoms with Crippen LogP contribution in [0.4, 0.5) is 10.5 Å². The lowest BCUT2D eigenvalue weighted by Crippen LogP contribution is -2.43. The van der Waals surface area contributed by atoms with Crippen molar-refractivity contribution in [3.05, 3.63) is 17.7 Å². The molecular formula is C12H14N2O5. The predicted molar refractivity (Wildman–Crippen MR) is 67.6 cm³/mol. The first-order valence-corrected chi connectivity index (χ1v) is 5.64. The Labute approximate surface area is 109 Å². The number of anilines is 1. The molecule has 1 aliphatic rings. The molecule has 0 spiro atoms. The second kappa shape index (κ2) is 4.68. The van der Waals surface area contributed by atoms with Crippen molar-refractivity contribution in [1.82, 2.24) is 0 Å². The molecule has 7 nitrogen and oxygen atoms in total. The van der Waals surface area contributed by atoms with Gasteiger partial charge in [0.1, 0.15) is 0 Å². The first kappa shape index (κ1) is 13.0. The molecule has 1 aromatic carbocycles. The van der Waals surface area contributed by atoms with E-state index in [0.29, 0.717) is 11.3 Å². The summed E-state index contributed by atoms with van der Waals surface area (Å²) in [7, 11) is 1.39. The highest BCUT2D eigenvalue weighted by atomic mass is 16.5. The lowest BCUT2D eigenvalue weighted by Gasteiger charge is -2.33. The molecule has 3 N–H and O–H groups in total. The highest BCUT2D eigenvalue weighted by Crippen LogP contribution is 2.39. The smallest absolute Gasteiger partial charge is 0.412 e. The van der Waals surface area contributed by atoms with Crippen molar-refractivity contribution in [3.63, 3.8) is 0 Å². The third kappa shape index (κ3) is 2.03. The summed E-state index contributed by atoms with van der Waals surface area (Å²) in [6.07, 6.45) is -0.848. The van der Waals surface area contributed by atoms with Crippen LogP contribution in [0.3, 0.4) is 0 Å². The fraction of sp³-hybridized carbons (Fsp3) is 0.333. The summed E-state index contributed by atoms with van der Waals surface area (Å²) in [5.41, 5.74) is 1.06. The fourth-order valence-electron chi connectivity index (χ4n) is 2.26. The fourth-order valence-corrected chi connectivity index (χ4v) is 2.26. The Morgan fingerprint density at radius 1 is 1.53 bits per heavy atom. The summed E-state index contributed by atoms with van der Waals surface area (Å²) < 4.78 is 4.97. The van der Waals surface area contributed by atoms with Crippen molar-refractivity contribution in [2.75, 3.05) is 12.0 Å². The minimum Gasteiger partial charge on any atom is -0.504 e. The van der Waals surface area contributed by atoms with Gasteiger partial charge in [0, 0.05) is 24.1 Å². The summed E-state index contributed by atoms with van der Waals surface area (Å²) in [5.74, 6) is 0.0266. The van der Waals surface area contributed by atoms with Gasteiger partial charge >= 0.3 is 6.09 Å². The van der Waals surface area contributed by atoms with Gasteiger partial charge in [0.2, 0.25) is 0 Å². The van der Waals surface area contributed by atoms with Crippen molar-refractivity contribution in [3.8, 4) is 11.5 Å². The number of aromatic hydroxyl groups is 1. The monoisotopic (exact) mass is 266 g/mol. The van der Waals surface area contributed by atoms with Gasteiger partial charge in [0.15, 0.2) is 11.5 Å². The van der Waals surface area contributed by atoms with Crippen LogP contribution in [0.25, 0.3) is 0 Å². The Hall–Kier alpha value is -2.44. The molecule has 1 heterocycles. The van der Waals surface area contributed by atoms with Crippen LogP contribution in [0.2, 0.25) is 0 Å². The van der Waals surface area contributed by atoms with E-state index in [1.807, 2.05) is 0 Å². The number of rotatable bonds is 1. The SMILES string of the molecule is COc1cc2c(cc1O)N(C(=O)O)C(C)C/C2=N/O. The number of amides is 1. The molecule has 0 fully saturated rings. The predicted octanol–water partition coefficient (Wildman–Crippen LogP) is 1.86. The van der Waals surface area contributed by atoms with E-state index in [1.54, 1.807) is 6.92 Å². The van der Waals surface area contributed by atoms with Crippen molar-refractivity contribution in [2.45, 2.75) is 19.4 Å². The van der Waals surface area contributed by atoms with Crippen LogP contribution < -0.4 is 9.64 Å². The standard InChI is InChI=1S/C12H14N2O5/c1-6-3-8(13-18)7-4-11(19-2)10(15)5-9(7)14(6)12(16)17/h4-6,15,18H,3H2,1-2H3,(H,16,17)/b13-8-. The van der Waals surface area contributed by atoms with Crippen molar-refractivity contribution in [1.29, 1.82) is 0 Å². The number of carbonyl (C=O) groups is 1. The molecule has 1 unspecified atom stereocenters. The van der Waals surface area contributed by atoms with Gasteiger partial charge in [-0.3, -0.25) is 4.90 Å². The first-order valence-electron chi connectivity index (χ1n) is 5.64. The summed E-state index contributed by atoms with van der Waals surface area (Å²) in [6.45, 7) is 1.70. The van der Waals surface area contributed by atoms with E-state index in [4.69, 9.17) is 9.94 Å². The second-order valence-corrected chi connectivity index (χ2v) is 4.29. The molecule has 102 valence electrons. The maximum Gasteiger partial charge on any atom is 0.412 e. The minimum absolute atomic E-state index is 0.168. The van der Waals surface area contributed by atoms with Gasteiger partial charge < -0.3 is 20.2 Å². The summed E-state index contributed by atoms with van der Waals surface area (Å²) in [6, 6.07) is 2.37. The number of methoxy groups -OCH3 is 1. The highest BCUT2D eigenvalue weighted by Gasteiger charge is 2.33. The molecule has 0 aliphatic carbocycles. The van der Waals surface area contributed by atoms with Gasteiger partial charge in [0.05, 0.1) is 18.5 Å². The molecule has 1 aromatic rings. The van der Waals surface area contributed by atoms with Gasteiger partial charge in [0.25, 0.3) is 0 Å². The molecule has 0 bridgehead atoms. The maximum atomic E-state index is 11.3. The van der Waals surface area contributed by atoms with Crippen molar-refractivity contribution < 1.29 is 25.0 Å². The molecule has 2 rings (SSSR count). The normalized spacial score (nSPS) is 20.2. The third-order valence-electron chi connectivity index (χ3n) is 3.12. The molecule has 1 amide bonds. The van der Waals surface area contributed by atoms with Crippen molar-refractivity contribution >= 4 is 17.5 Å². The average molecular weight is 266 g/mol. The van der Waals surface area contributed by atoms with E-state index < -0.39 is 6.09 Å². The van der Waals surface area contributed by atoms with Crippen LogP contribution in [0.15, 0.2) is 17.3 Å². The van der Waals surface area contributed by atoms with Gasteiger partial charge in [-0.2, -0.15) is 0 Å². The number of hydrogen-bond donors (Lipinski definition) is 3. The quantitative estimate of drug-likeness (QED) is 0.531. The molecule has 7 heteroatoms. The molecular weight excluding hydrogens is 252 g/mol. The minimum atomic E-state index is -1.13. The summed E-state index contributed by atoms with van der Waals surface area (Å²) in [5, 5.41) is 31.2. The Balaban J connectivity index is 2.67. The first-order chi connectivity index (χ1) is 8.99. The van der Waals surface area contributed by atoms with E-state index in [0.717, 1.165) is 4.90 Å². The topological polar surface area (TPSA) is 103 Å². The Morgan fingerprint density at radius 3 is 2.74 bits per heavy atom. The summed E-state index contributed by atoms with van der Waals surface area (Å²) in [4.78, 5) is 12.4. The van der Waals surface area contributed by atoms with Gasteiger partial charge in [-0.05, 0) is 13.0 Å². The average Bonchev–Trinajstić information content (AvgIpc) is 2.36. The van der Waals surface area contributed by atoms with Crippen LogP contribution in [0.1, 0.15) is 18.9 Å². The molecule has 1 aliphatic heterocycles. The molecule has 19 heavy (non-hydrogen) atoms. The molecule has 0 aromatic heterocycles. The van der Waals surface area contributed by atoms with Crippen LogP contribution in [-0.2, 0) is 0 Å². The number of fused-ring (bicyclic) bond motifs is 1. The maximum absolute atomic E-state index is 11.3. The lowest BCUT2D eigenvalue weighted by molar-refractivity contribution is 0.199. The second-order valence-electron chi connectivity index (χ2n) is 4.29. The van der Waals surface area contributed by atoms with Gasteiger partial charge in [-0.25, -0.2) is 4.79 Å². The van der Waals surface area contributed by atoms with Crippen molar-refractivity contribution in [2.24, 2.45) is 5.16 Å². The van der Waals surface area contributed by atoms with E-state index in [1.165, 1.54) is 19.2 Å². The molecule has 1 atom stereocenters. The Kier molecular flexibility index (Phi) is 3.20. The van der Waals surface area contributed by atoms with Crippen LogP contribution >= 0.6 is 0 Å². The number of oxime groups is 1. The van der Waals surface area contributed by atoms with Gasteiger partial charge in [-0.15, -0.1) is 0 Å². The molecule has 0 radical (unpaired) electrons. The highest BCUT2D eigenvalue weighted by molar-refractivity contribution is 6.11. The van der Waals surface area contributed by atoms with Crippen LogP contribution in [-0.4, -0.2) is 40.4 Å². The number of nitrogens with zero attached hydrogens (tertiary/aromatic N) is 2. The van der Waals surface area contributed by atoms with Crippen LogP contribution in [0.5, 0.6) is 11.5 Å². The largest absolute Gasteiger partial charge is 0.504 e. The Bertz CT molecular complexity index is 555. The number of ether oxygens (including phenoxy) is 1. The number of phenols is 1. The van der Waals surface area contributed by atoms with E-state index >= 15 is 0 Å². The van der Waals surface area contributed by atoms with Gasteiger partial charge in [-0.1, -0.05) is 5.16 Å². The molecule has 0 saturated heterocycles. The summed E-state index contributed by atoms with van der Waals surface area (Å²) >= 11 is 0. The van der Waals surface area contributed by atoms with E-state index in [2.05, 4.69) is 5.16 Å². The number of hydrogen-bond acceptors (Lipinski definition) is 5. The lowest BCUT2D eigenvalue weighted by atomic mass is 9.94. The zero-order chi connectivity index (χ0) is 14.2. The van der Waals surface area contributed by atoms with Crippen LogP contribution in [0, 0.1) is 0 Å². The molecule has 0 saturated carbocycles. The van der Waals surface area contributed by atoms with E-state index in [-0.39, 0.29) is 29.6 Å². The zero-order valence-corrected chi connectivity index (χ0v) is 10.5. The third-order valence-corrected chi connectivity index (χ3v) is 3.12. The Morgan fingerprint density at radius 2 is 2.21 bits per heavy atom. The van der Waals surface area contributed by atoms with E-state index in [9.17, 15) is 15.0 Å².